The molecule has 1 N–H and O–H groups in total. The van der Waals surface area contributed by atoms with E-state index >= 15 is 4.39 Å². The quantitative estimate of drug-likeness (QED) is 0.409. The van der Waals surface area contributed by atoms with Gasteiger partial charge in [-0.25, -0.2) is 4.39 Å². The molecule has 3 aromatic rings. The lowest BCUT2D eigenvalue weighted by Crippen LogP contribution is -2.45. The maximum atomic E-state index is 15.1. The number of nitrogens with one attached hydrogen (secondary N) is 1. The molecule has 0 spiro atoms. The van der Waals surface area contributed by atoms with E-state index in [0.29, 0.717) is 41.9 Å². The van der Waals surface area contributed by atoms with Gasteiger partial charge in [-0.15, -0.1) is 0 Å². The fourth-order valence-electron chi connectivity index (χ4n) is 6.32. The number of amidine groups is 1. The lowest BCUT2D eigenvalue weighted by Gasteiger charge is -2.40. The summed E-state index contributed by atoms with van der Waals surface area (Å²) in [5.41, 5.74) is 5.59. The van der Waals surface area contributed by atoms with Crippen molar-refractivity contribution in [1.29, 1.82) is 0 Å². The fourth-order valence-corrected chi connectivity index (χ4v) is 6.32. The largest absolute Gasteiger partial charge is 0.373 e. The molecule has 4 aliphatic rings. The van der Waals surface area contributed by atoms with Gasteiger partial charge < -0.3 is 24.3 Å². The smallest absolute Gasteiger partial charge is 0.221 e. The summed E-state index contributed by atoms with van der Waals surface area (Å²) < 4.78 is 27.5. The molecule has 2 bridgehead atoms. The summed E-state index contributed by atoms with van der Waals surface area (Å²) >= 11 is 0. The van der Waals surface area contributed by atoms with Gasteiger partial charge in [-0.3, -0.25) is 0 Å². The molecule has 2 aromatic carbocycles. The molecule has 3 atom stereocenters. The van der Waals surface area contributed by atoms with Crippen molar-refractivity contribution in [3.05, 3.63) is 83.2 Å². The molecule has 8 heteroatoms. The molecular formula is C30H31FN4O3. The van der Waals surface area contributed by atoms with Crippen LogP contribution in [0, 0.1) is 12.7 Å². The van der Waals surface area contributed by atoms with Gasteiger partial charge in [-0.05, 0) is 75.8 Å². The van der Waals surface area contributed by atoms with Crippen molar-refractivity contribution in [2.45, 2.75) is 76.2 Å². The molecule has 3 aliphatic heterocycles. The van der Waals surface area contributed by atoms with Crippen molar-refractivity contribution < 1.29 is 18.5 Å². The molecule has 0 unspecified atom stereocenters. The Morgan fingerprint density at radius 2 is 1.87 bits per heavy atom. The van der Waals surface area contributed by atoms with E-state index in [2.05, 4.69) is 46.2 Å². The third kappa shape index (κ3) is 4.17. The van der Waals surface area contributed by atoms with Crippen LogP contribution < -0.4 is 10.2 Å². The lowest BCUT2D eigenvalue weighted by molar-refractivity contribution is 0.0147. The zero-order valence-corrected chi connectivity index (χ0v) is 21.5. The third-order valence-corrected chi connectivity index (χ3v) is 8.33. The van der Waals surface area contributed by atoms with Crippen molar-refractivity contribution in [2.75, 3.05) is 4.90 Å². The number of nitrogens with zero attached hydrogens (tertiary/aromatic N) is 3. The van der Waals surface area contributed by atoms with Gasteiger partial charge >= 0.3 is 0 Å². The van der Waals surface area contributed by atoms with E-state index in [4.69, 9.17) is 14.1 Å². The summed E-state index contributed by atoms with van der Waals surface area (Å²) in [6.07, 6.45) is 6.48. The number of ether oxygens (including phenoxy) is 1. The molecule has 3 fully saturated rings. The highest BCUT2D eigenvalue weighted by Crippen LogP contribution is 2.45. The monoisotopic (exact) mass is 514 g/mol. The summed E-state index contributed by atoms with van der Waals surface area (Å²) in [6, 6.07) is 14.3. The number of fused-ring (bicyclic) bond motifs is 2. The maximum Gasteiger partial charge on any atom is 0.221 e. The zero-order chi connectivity index (χ0) is 25.8. The molecule has 7 rings (SSSR count). The van der Waals surface area contributed by atoms with Gasteiger partial charge in [0, 0.05) is 34.8 Å². The van der Waals surface area contributed by atoms with Crippen molar-refractivity contribution in [3.63, 3.8) is 0 Å². The predicted molar refractivity (Wildman–Crippen MR) is 142 cm³/mol. The molecule has 4 heterocycles. The van der Waals surface area contributed by atoms with E-state index in [1.807, 2.05) is 18.2 Å². The molecule has 2 saturated heterocycles. The normalized spacial score (nSPS) is 24.4. The molecule has 38 heavy (non-hydrogen) atoms. The molecule has 196 valence electrons. The summed E-state index contributed by atoms with van der Waals surface area (Å²) in [7, 11) is 0. The van der Waals surface area contributed by atoms with Crippen LogP contribution in [0.4, 0.5) is 10.1 Å². The van der Waals surface area contributed by atoms with E-state index in [-0.39, 0.29) is 11.9 Å². The van der Waals surface area contributed by atoms with Crippen LogP contribution in [-0.2, 0) is 16.2 Å². The molecule has 1 saturated carbocycles. The summed E-state index contributed by atoms with van der Waals surface area (Å²) in [5, 5.41) is 11.2. The van der Waals surface area contributed by atoms with Crippen LogP contribution in [0.1, 0.15) is 66.9 Å². The van der Waals surface area contributed by atoms with Gasteiger partial charge in [-0.1, -0.05) is 34.6 Å². The maximum absolute atomic E-state index is 15.1. The number of hydrogen-bond donors (Lipinski definition) is 1. The average molecular weight is 515 g/mol. The fraction of sp³-hybridized carbons (Fsp3) is 0.400. The van der Waals surface area contributed by atoms with Crippen molar-refractivity contribution in [1.82, 2.24) is 10.5 Å². The SMILES string of the molecule is C=C1NC(c2ccc(N3[C@@H]4CC[C@H]3C[C@@H](OCc3c(-c5ccccc5C)noc3C3CC3)C4)cc2F)=NO1. The van der Waals surface area contributed by atoms with E-state index in [1.54, 1.807) is 12.1 Å². The Morgan fingerprint density at radius 3 is 2.55 bits per heavy atom. The number of anilines is 1. The Balaban J connectivity index is 1.06. The van der Waals surface area contributed by atoms with Crippen LogP contribution in [0.15, 0.2) is 64.6 Å². The third-order valence-electron chi connectivity index (χ3n) is 8.33. The lowest BCUT2D eigenvalue weighted by atomic mass is 9.97. The summed E-state index contributed by atoms with van der Waals surface area (Å²) in [5.74, 6) is 1.77. The number of aryl methyl sites for hydroxylation is 1. The Bertz CT molecular complexity index is 1410. The van der Waals surface area contributed by atoms with Gasteiger partial charge in [0.1, 0.15) is 17.3 Å². The number of aromatic nitrogens is 1. The first-order valence-corrected chi connectivity index (χ1v) is 13.5. The van der Waals surface area contributed by atoms with Crippen LogP contribution in [0.5, 0.6) is 0 Å². The first-order chi connectivity index (χ1) is 18.5. The van der Waals surface area contributed by atoms with Crippen LogP contribution in [0.25, 0.3) is 11.3 Å². The highest BCUT2D eigenvalue weighted by atomic mass is 19.1. The highest BCUT2D eigenvalue weighted by Gasteiger charge is 2.42. The summed E-state index contributed by atoms with van der Waals surface area (Å²) in [4.78, 5) is 7.36. The number of piperidine rings is 1. The predicted octanol–water partition coefficient (Wildman–Crippen LogP) is 6.14. The van der Waals surface area contributed by atoms with Gasteiger partial charge in [0.2, 0.25) is 5.88 Å². The minimum absolute atomic E-state index is 0.153. The molecule has 7 nitrogen and oxygen atoms in total. The van der Waals surface area contributed by atoms with E-state index in [1.165, 1.54) is 5.56 Å². The molecule has 1 aliphatic carbocycles. The zero-order valence-electron chi connectivity index (χ0n) is 21.5. The number of halogens is 1. The first-order valence-electron chi connectivity index (χ1n) is 13.5. The van der Waals surface area contributed by atoms with Crippen LogP contribution >= 0.6 is 0 Å². The minimum atomic E-state index is -0.325. The van der Waals surface area contributed by atoms with E-state index in [9.17, 15) is 0 Å². The molecule has 0 amide bonds. The second kappa shape index (κ2) is 9.27. The topological polar surface area (TPSA) is 72.1 Å². The van der Waals surface area contributed by atoms with Gasteiger partial charge in [0.15, 0.2) is 5.84 Å². The minimum Gasteiger partial charge on any atom is -0.373 e. The average Bonchev–Trinajstić information content (AvgIpc) is 3.43. The number of oxime groups is 1. The summed E-state index contributed by atoms with van der Waals surface area (Å²) in [6.45, 7) is 6.27. The Kier molecular flexibility index (Phi) is 5.73. The second-order valence-electron chi connectivity index (χ2n) is 10.9. The van der Waals surface area contributed by atoms with Crippen LogP contribution in [0.2, 0.25) is 0 Å². The number of rotatable bonds is 7. The Hall–Kier alpha value is -3.65. The van der Waals surface area contributed by atoms with E-state index in [0.717, 1.165) is 66.8 Å². The molecular weight excluding hydrogens is 483 g/mol. The second-order valence-corrected chi connectivity index (χ2v) is 10.9. The molecule has 0 radical (unpaired) electrons. The van der Waals surface area contributed by atoms with Crippen molar-refractivity contribution in [3.8, 4) is 11.3 Å². The number of benzene rings is 2. The Morgan fingerprint density at radius 1 is 1.08 bits per heavy atom. The van der Waals surface area contributed by atoms with Gasteiger partial charge in [-0.2, -0.15) is 0 Å². The molecule has 1 aromatic heterocycles. The van der Waals surface area contributed by atoms with Gasteiger partial charge in [0.05, 0.1) is 18.3 Å². The van der Waals surface area contributed by atoms with Crippen LogP contribution in [0.3, 0.4) is 0 Å². The highest BCUT2D eigenvalue weighted by molar-refractivity contribution is 6.00. The van der Waals surface area contributed by atoms with E-state index < -0.39 is 0 Å². The standard InChI is InChI=1S/C30H31FN4O3/c1-17-5-3-4-6-24(17)28-26(29(38-33-28)19-7-8-19)16-36-23-13-20-9-10-21(14-23)35(20)22-11-12-25(27(31)15-22)30-32-18(2)37-34-30/h3-6,11-12,15,19-21,23H,2,7-10,13-14,16H2,1H3,(H,32,34)/t20-,21+,23+. The van der Waals surface area contributed by atoms with Crippen molar-refractivity contribution >= 4 is 11.5 Å². The first kappa shape index (κ1) is 23.5. The van der Waals surface area contributed by atoms with Crippen LogP contribution in [-0.4, -0.2) is 29.2 Å². The van der Waals surface area contributed by atoms with Crippen molar-refractivity contribution in [2.24, 2.45) is 5.16 Å². The Labute approximate surface area is 221 Å². The number of hydrogen-bond acceptors (Lipinski definition) is 7. The van der Waals surface area contributed by atoms with Gasteiger partial charge in [0.25, 0.3) is 0 Å².